The first-order valence-corrected chi connectivity index (χ1v) is 8.74. The van der Waals surface area contributed by atoms with E-state index in [0.29, 0.717) is 24.5 Å². The highest BCUT2D eigenvalue weighted by molar-refractivity contribution is 6.09. The van der Waals surface area contributed by atoms with Crippen molar-refractivity contribution >= 4 is 23.6 Å². The van der Waals surface area contributed by atoms with Gasteiger partial charge in [-0.25, -0.2) is 0 Å². The van der Waals surface area contributed by atoms with E-state index >= 15 is 0 Å². The Morgan fingerprint density at radius 1 is 1.19 bits per heavy atom. The molecule has 6 heteroatoms. The quantitative estimate of drug-likeness (QED) is 0.631. The van der Waals surface area contributed by atoms with Crippen LogP contribution in [0.1, 0.15) is 22.3 Å². The number of benzene rings is 2. The van der Waals surface area contributed by atoms with Gasteiger partial charge in [0.2, 0.25) is 0 Å². The van der Waals surface area contributed by atoms with Crippen LogP contribution in [0.2, 0.25) is 0 Å². The fourth-order valence-corrected chi connectivity index (χ4v) is 2.75. The summed E-state index contributed by atoms with van der Waals surface area (Å²) < 4.78 is 10.7. The molecule has 1 aliphatic heterocycles. The van der Waals surface area contributed by atoms with Gasteiger partial charge in [-0.3, -0.25) is 9.59 Å². The highest BCUT2D eigenvalue weighted by Crippen LogP contribution is 2.34. The van der Waals surface area contributed by atoms with Gasteiger partial charge in [0.1, 0.15) is 0 Å². The molecule has 1 heterocycles. The molecular weight excluding hydrogens is 344 g/mol. The largest absolute Gasteiger partial charge is 0.449 e. The first-order valence-electron chi connectivity index (χ1n) is 8.74. The zero-order valence-corrected chi connectivity index (χ0v) is 15.4. The number of rotatable bonds is 6. The van der Waals surface area contributed by atoms with E-state index in [1.165, 1.54) is 0 Å². The summed E-state index contributed by atoms with van der Waals surface area (Å²) in [6.07, 6.45) is 2.44. The lowest BCUT2D eigenvalue weighted by molar-refractivity contribution is -0.117. The van der Waals surface area contributed by atoms with E-state index in [1.807, 2.05) is 24.3 Å². The minimum absolute atomic E-state index is 0.135. The lowest BCUT2D eigenvalue weighted by Crippen LogP contribution is -2.33. The maximum absolute atomic E-state index is 12.5. The molecule has 2 aromatic rings. The van der Waals surface area contributed by atoms with Gasteiger partial charge in [-0.15, -0.1) is 0 Å². The number of hydrogen-bond acceptors (Lipinski definition) is 4. The van der Waals surface area contributed by atoms with Crippen LogP contribution in [0.25, 0.3) is 6.08 Å². The summed E-state index contributed by atoms with van der Waals surface area (Å²) in [5.41, 5.74) is 2.08. The van der Waals surface area contributed by atoms with Crippen LogP contribution in [0, 0.1) is 0 Å². The summed E-state index contributed by atoms with van der Waals surface area (Å²) in [6, 6.07) is 14.4. The highest BCUT2D eigenvalue weighted by atomic mass is 16.5. The summed E-state index contributed by atoms with van der Waals surface area (Å²) in [4.78, 5) is 26.1. The van der Waals surface area contributed by atoms with Crippen LogP contribution in [0.15, 0.2) is 54.3 Å². The van der Waals surface area contributed by atoms with Gasteiger partial charge >= 0.3 is 0 Å². The van der Waals surface area contributed by atoms with Gasteiger partial charge in [0.05, 0.1) is 5.69 Å². The summed E-state index contributed by atoms with van der Waals surface area (Å²) in [5.74, 6) is 0.531. The standard InChI is InChI=1S/C21H22N2O4/c1-23-17-6-3-4-7-18(17)27-19(21(23)25)14-15-8-10-16(11-9-15)20(24)22-12-5-13-26-2/h3-4,6-11,14H,5,12-13H2,1-2H3,(H,22,24). The number of carbonyl (C=O) groups is 2. The zero-order chi connectivity index (χ0) is 19.2. The van der Waals surface area contributed by atoms with E-state index in [1.54, 1.807) is 49.4 Å². The Bertz CT molecular complexity index is 859. The number of ether oxygens (including phenoxy) is 2. The second kappa shape index (κ2) is 8.51. The molecule has 0 unspecified atom stereocenters. The third-order valence-corrected chi connectivity index (χ3v) is 4.24. The molecule has 0 saturated carbocycles. The molecule has 1 aliphatic rings. The van der Waals surface area contributed by atoms with E-state index in [9.17, 15) is 9.59 Å². The number of likely N-dealkylation sites (N-methyl/N-ethyl adjacent to an activating group) is 1. The van der Waals surface area contributed by atoms with Gasteiger partial charge < -0.3 is 19.7 Å². The molecule has 0 bridgehead atoms. The lowest BCUT2D eigenvalue weighted by atomic mass is 10.1. The van der Waals surface area contributed by atoms with Gasteiger partial charge in [-0.05, 0) is 42.3 Å². The first-order chi connectivity index (χ1) is 13.1. The van der Waals surface area contributed by atoms with Crippen molar-refractivity contribution in [2.75, 3.05) is 32.2 Å². The SMILES string of the molecule is COCCCNC(=O)c1ccc(C=C2Oc3ccccc3N(C)C2=O)cc1. The summed E-state index contributed by atoms with van der Waals surface area (Å²) in [7, 11) is 3.35. The van der Waals surface area contributed by atoms with Crippen molar-refractivity contribution in [1.82, 2.24) is 5.32 Å². The summed E-state index contributed by atoms with van der Waals surface area (Å²) in [6.45, 7) is 1.17. The van der Waals surface area contributed by atoms with Crippen LogP contribution in [-0.2, 0) is 9.53 Å². The molecule has 0 aliphatic carbocycles. The number of carbonyl (C=O) groups excluding carboxylic acids is 2. The van der Waals surface area contributed by atoms with Crippen LogP contribution in [0.3, 0.4) is 0 Å². The van der Waals surface area contributed by atoms with Crippen LogP contribution in [-0.4, -0.2) is 39.1 Å². The molecule has 0 atom stereocenters. The monoisotopic (exact) mass is 366 g/mol. The van der Waals surface area contributed by atoms with Crippen molar-refractivity contribution in [2.45, 2.75) is 6.42 Å². The second-order valence-electron chi connectivity index (χ2n) is 6.17. The zero-order valence-electron chi connectivity index (χ0n) is 15.4. The molecular formula is C21H22N2O4. The molecule has 2 amide bonds. The van der Waals surface area contributed by atoms with Crippen molar-refractivity contribution in [3.05, 3.63) is 65.4 Å². The number of para-hydroxylation sites is 2. The number of hydrogen-bond donors (Lipinski definition) is 1. The van der Waals surface area contributed by atoms with Crippen LogP contribution in [0.4, 0.5) is 5.69 Å². The van der Waals surface area contributed by atoms with Crippen LogP contribution >= 0.6 is 0 Å². The number of methoxy groups -OCH3 is 1. The molecule has 0 radical (unpaired) electrons. The third-order valence-electron chi connectivity index (χ3n) is 4.24. The Morgan fingerprint density at radius 2 is 1.93 bits per heavy atom. The molecule has 0 fully saturated rings. The van der Waals surface area contributed by atoms with E-state index in [0.717, 1.165) is 17.7 Å². The summed E-state index contributed by atoms with van der Waals surface area (Å²) in [5, 5.41) is 2.84. The molecule has 0 spiro atoms. The van der Waals surface area contributed by atoms with Crippen molar-refractivity contribution in [3.63, 3.8) is 0 Å². The Morgan fingerprint density at radius 3 is 2.67 bits per heavy atom. The number of nitrogens with zero attached hydrogens (tertiary/aromatic N) is 1. The Balaban J connectivity index is 1.71. The van der Waals surface area contributed by atoms with E-state index < -0.39 is 0 Å². The topological polar surface area (TPSA) is 67.9 Å². The Labute approximate surface area is 158 Å². The Kier molecular flexibility index (Phi) is 5.88. The van der Waals surface area contributed by atoms with E-state index in [4.69, 9.17) is 9.47 Å². The predicted octanol–water partition coefficient (Wildman–Crippen LogP) is 2.85. The smallest absolute Gasteiger partial charge is 0.293 e. The second-order valence-corrected chi connectivity index (χ2v) is 6.17. The number of anilines is 1. The van der Waals surface area contributed by atoms with Gasteiger partial charge in [0.25, 0.3) is 11.8 Å². The van der Waals surface area contributed by atoms with Crippen LogP contribution < -0.4 is 15.0 Å². The maximum Gasteiger partial charge on any atom is 0.293 e. The first kappa shape index (κ1) is 18.7. The average Bonchev–Trinajstić information content (AvgIpc) is 2.69. The van der Waals surface area contributed by atoms with E-state index in [-0.39, 0.29) is 17.6 Å². The van der Waals surface area contributed by atoms with Crippen molar-refractivity contribution in [3.8, 4) is 5.75 Å². The number of amides is 2. The number of nitrogens with one attached hydrogen (secondary N) is 1. The van der Waals surface area contributed by atoms with Crippen molar-refractivity contribution in [2.24, 2.45) is 0 Å². The fraction of sp³-hybridized carbons (Fsp3) is 0.238. The minimum atomic E-state index is -0.214. The van der Waals surface area contributed by atoms with E-state index in [2.05, 4.69) is 5.32 Å². The van der Waals surface area contributed by atoms with Gasteiger partial charge in [-0.1, -0.05) is 24.3 Å². The normalized spacial score (nSPS) is 14.7. The Hall–Kier alpha value is -3.12. The molecule has 0 saturated heterocycles. The van der Waals surface area contributed by atoms with Crippen molar-refractivity contribution in [1.29, 1.82) is 0 Å². The lowest BCUT2D eigenvalue weighted by Gasteiger charge is -2.27. The third kappa shape index (κ3) is 4.35. The molecule has 27 heavy (non-hydrogen) atoms. The molecule has 1 N–H and O–H groups in total. The summed E-state index contributed by atoms with van der Waals surface area (Å²) >= 11 is 0. The predicted molar refractivity (Wildman–Crippen MR) is 104 cm³/mol. The average molecular weight is 366 g/mol. The number of fused-ring (bicyclic) bond motifs is 1. The highest BCUT2D eigenvalue weighted by Gasteiger charge is 2.27. The van der Waals surface area contributed by atoms with Crippen molar-refractivity contribution < 1.29 is 19.1 Å². The molecule has 0 aromatic heterocycles. The minimum Gasteiger partial charge on any atom is -0.449 e. The molecule has 2 aromatic carbocycles. The molecule has 3 rings (SSSR count). The maximum atomic E-state index is 12.5. The molecule has 140 valence electrons. The van der Waals surface area contributed by atoms with Gasteiger partial charge in [0, 0.05) is 32.9 Å². The molecule has 6 nitrogen and oxygen atoms in total. The van der Waals surface area contributed by atoms with Gasteiger partial charge in [-0.2, -0.15) is 0 Å². The fourth-order valence-electron chi connectivity index (χ4n) is 2.75. The van der Waals surface area contributed by atoms with Gasteiger partial charge in [0.15, 0.2) is 11.5 Å². The van der Waals surface area contributed by atoms with Crippen LogP contribution in [0.5, 0.6) is 5.75 Å².